The van der Waals surface area contributed by atoms with Gasteiger partial charge in [0.1, 0.15) is 5.82 Å². The van der Waals surface area contributed by atoms with Crippen molar-refractivity contribution in [3.63, 3.8) is 0 Å². The molecule has 1 aromatic carbocycles. The summed E-state index contributed by atoms with van der Waals surface area (Å²) < 4.78 is 0.829. The molecule has 8 heteroatoms. The van der Waals surface area contributed by atoms with Gasteiger partial charge in [-0.25, -0.2) is 4.98 Å². The molecule has 120 valence electrons. The molecule has 0 saturated heterocycles. The van der Waals surface area contributed by atoms with Gasteiger partial charge in [-0.15, -0.1) is 11.3 Å². The van der Waals surface area contributed by atoms with Crippen LogP contribution in [-0.2, 0) is 6.54 Å². The first-order valence-corrected chi connectivity index (χ1v) is 8.94. The molecule has 0 fully saturated rings. The largest absolute Gasteiger partial charge is 0.364 e. The molecule has 0 atom stereocenters. The van der Waals surface area contributed by atoms with E-state index in [2.05, 4.69) is 58.2 Å². The van der Waals surface area contributed by atoms with Gasteiger partial charge in [-0.1, -0.05) is 6.07 Å². The molecule has 3 heterocycles. The number of aromatic nitrogens is 4. The Morgan fingerprint density at radius 1 is 1.21 bits per heavy atom. The van der Waals surface area contributed by atoms with E-state index in [9.17, 15) is 0 Å². The summed E-state index contributed by atoms with van der Waals surface area (Å²) in [6.07, 6.45) is 3.53. The summed E-state index contributed by atoms with van der Waals surface area (Å²) in [5.74, 6) is 1.29. The lowest BCUT2D eigenvalue weighted by Gasteiger charge is -2.09. The van der Waals surface area contributed by atoms with E-state index in [4.69, 9.17) is 0 Å². The third-order valence-corrected chi connectivity index (χ3v) is 4.91. The number of thiophene rings is 1. The van der Waals surface area contributed by atoms with E-state index in [-0.39, 0.29) is 0 Å². The van der Waals surface area contributed by atoms with Crippen molar-refractivity contribution in [3.8, 4) is 0 Å². The number of hydrogen-bond acceptors (Lipinski definition) is 6. The average molecular weight is 401 g/mol. The van der Waals surface area contributed by atoms with E-state index in [0.29, 0.717) is 5.95 Å². The first kappa shape index (κ1) is 15.1. The summed E-state index contributed by atoms with van der Waals surface area (Å²) in [4.78, 5) is 10.1. The molecule has 4 rings (SSSR count). The summed E-state index contributed by atoms with van der Waals surface area (Å²) in [5, 5.41) is 16.6. The monoisotopic (exact) mass is 400 g/mol. The van der Waals surface area contributed by atoms with E-state index in [1.54, 1.807) is 23.7 Å². The van der Waals surface area contributed by atoms with Gasteiger partial charge in [0.2, 0.25) is 5.95 Å². The van der Waals surface area contributed by atoms with Crippen LogP contribution in [0, 0.1) is 0 Å². The number of anilines is 3. The fourth-order valence-electron chi connectivity index (χ4n) is 2.28. The van der Waals surface area contributed by atoms with Gasteiger partial charge in [0.25, 0.3) is 0 Å². The number of rotatable bonds is 5. The second kappa shape index (κ2) is 6.58. The number of hydrogen-bond donors (Lipinski definition) is 3. The second-order valence-electron chi connectivity index (χ2n) is 5.12. The van der Waals surface area contributed by atoms with Crippen LogP contribution in [-0.4, -0.2) is 20.2 Å². The molecule has 6 nitrogen and oxygen atoms in total. The molecule has 24 heavy (non-hydrogen) atoms. The van der Waals surface area contributed by atoms with Crippen LogP contribution in [0.1, 0.15) is 4.88 Å². The number of aromatic amines is 1. The maximum atomic E-state index is 4.54. The van der Waals surface area contributed by atoms with Crippen LogP contribution in [0.5, 0.6) is 0 Å². The molecule has 0 bridgehead atoms. The van der Waals surface area contributed by atoms with Gasteiger partial charge < -0.3 is 10.6 Å². The zero-order chi connectivity index (χ0) is 16.4. The number of nitrogens with zero attached hydrogens (tertiary/aromatic N) is 3. The molecule has 0 radical (unpaired) electrons. The van der Waals surface area contributed by atoms with Crippen LogP contribution >= 0.6 is 27.3 Å². The first-order chi connectivity index (χ1) is 11.8. The van der Waals surface area contributed by atoms with Crippen molar-refractivity contribution in [2.75, 3.05) is 10.6 Å². The van der Waals surface area contributed by atoms with Crippen LogP contribution in [0.15, 0.2) is 52.6 Å². The third-order valence-electron chi connectivity index (χ3n) is 3.45. The van der Waals surface area contributed by atoms with E-state index >= 15 is 0 Å². The van der Waals surface area contributed by atoms with Crippen LogP contribution < -0.4 is 10.6 Å². The summed E-state index contributed by atoms with van der Waals surface area (Å²) in [6, 6.07) is 10.1. The summed E-state index contributed by atoms with van der Waals surface area (Å²) >= 11 is 5.19. The molecule has 0 aliphatic rings. The first-order valence-electron chi connectivity index (χ1n) is 7.27. The topological polar surface area (TPSA) is 78.5 Å². The molecule has 0 aliphatic carbocycles. The van der Waals surface area contributed by atoms with Crippen molar-refractivity contribution in [1.29, 1.82) is 0 Å². The molecule has 4 aromatic rings. The molecule has 3 N–H and O–H groups in total. The van der Waals surface area contributed by atoms with Crippen LogP contribution in [0.25, 0.3) is 10.9 Å². The second-order valence-corrected chi connectivity index (χ2v) is 7.01. The highest BCUT2D eigenvalue weighted by molar-refractivity contribution is 9.10. The van der Waals surface area contributed by atoms with E-state index < -0.39 is 0 Å². The van der Waals surface area contributed by atoms with Crippen molar-refractivity contribution in [1.82, 2.24) is 20.2 Å². The molecule has 0 spiro atoms. The molecular formula is C16H13BrN6S. The van der Waals surface area contributed by atoms with Crippen molar-refractivity contribution < 1.29 is 0 Å². The fourth-order valence-corrected chi connectivity index (χ4v) is 3.26. The summed E-state index contributed by atoms with van der Waals surface area (Å²) in [6.45, 7) is 0.730. The van der Waals surface area contributed by atoms with Gasteiger partial charge in [0.05, 0.1) is 22.7 Å². The van der Waals surface area contributed by atoms with Crippen molar-refractivity contribution in [3.05, 3.63) is 57.5 Å². The Hall–Kier alpha value is -2.45. The van der Waals surface area contributed by atoms with Crippen LogP contribution in [0.4, 0.5) is 17.5 Å². The highest BCUT2D eigenvalue weighted by Crippen LogP contribution is 2.24. The van der Waals surface area contributed by atoms with Gasteiger partial charge in [0, 0.05) is 22.1 Å². The minimum atomic E-state index is 0.537. The smallest absolute Gasteiger partial charge is 0.229 e. The molecule has 0 amide bonds. The predicted octanol–water partition coefficient (Wildman–Crippen LogP) is 4.53. The lowest BCUT2D eigenvalue weighted by molar-refractivity contribution is 1.09. The predicted molar refractivity (Wildman–Crippen MR) is 101 cm³/mol. The maximum absolute atomic E-state index is 4.54. The standard InChI is InChI=1S/C16H13BrN6S/c17-13-9-19-16(22-15(13)18-8-12-2-1-5-24-12)21-11-3-4-14-10(6-11)7-20-23-14/h1-7,9H,8H2,(H,20,23)(H2,18,19,21,22). The molecule has 0 aliphatic heterocycles. The zero-order valence-corrected chi connectivity index (χ0v) is 14.9. The van der Waals surface area contributed by atoms with Gasteiger partial charge in [-0.2, -0.15) is 10.1 Å². The SMILES string of the molecule is Brc1cnc(Nc2ccc3[nH]ncc3c2)nc1NCc1cccs1. The Labute approximate surface area is 150 Å². The highest BCUT2D eigenvalue weighted by atomic mass is 79.9. The van der Waals surface area contributed by atoms with Crippen molar-refractivity contribution in [2.24, 2.45) is 0 Å². The minimum Gasteiger partial charge on any atom is -0.364 e. The molecule has 0 saturated carbocycles. The zero-order valence-electron chi connectivity index (χ0n) is 12.5. The number of benzene rings is 1. The third kappa shape index (κ3) is 3.24. The fraction of sp³-hybridized carbons (Fsp3) is 0.0625. The van der Waals surface area contributed by atoms with Gasteiger partial charge >= 0.3 is 0 Å². The quantitative estimate of drug-likeness (QED) is 0.458. The Morgan fingerprint density at radius 2 is 2.17 bits per heavy atom. The Bertz CT molecular complexity index is 966. The lowest BCUT2D eigenvalue weighted by Crippen LogP contribution is -2.04. The van der Waals surface area contributed by atoms with Crippen molar-refractivity contribution >= 4 is 55.6 Å². The molecule has 3 aromatic heterocycles. The van der Waals surface area contributed by atoms with E-state index in [0.717, 1.165) is 33.4 Å². The summed E-state index contributed by atoms with van der Waals surface area (Å²) in [7, 11) is 0. The number of halogens is 1. The van der Waals surface area contributed by atoms with Crippen LogP contribution in [0.3, 0.4) is 0 Å². The average Bonchev–Trinajstić information content (AvgIpc) is 3.26. The van der Waals surface area contributed by atoms with Gasteiger partial charge in [-0.3, -0.25) is 5.10 Å². The van der Waals surface area contributed by atoms with Gasteiger partial charge in [-0.05, 0) is 45.6 Å². The molecular weight excluding hydrogens is 388 g/mol. The number of fused-ring (bicyclic) bond motifs is 1. The maximum Gasteiger partial charge on any atom is 0.229 e. The minimum absolute atomic E-state index is 0.537. The Kier molecular flexibility index (Phi) is 4.14. The summed E-state index contributed by atoms with van der Waals surface area (Å²) in [5.41, 5.74) is 1.91. The van der Waals surface area contributed by atoms with Crippen LogP contribution in [0.2, 0.25) is 0 Å². The number of H-pyrrole nitrogens is 1. The highest BCUT2D eigenvalue weighted by Gasteiger charge is 2.06. The Morgan fingerprint density at radius 3 is 3.04 bits per heavy atom. The van der Waals surface area contributed by atoms with Crippen molar-refractivity contribution in [2.45, 2.75) is 6.54 Å². The van der Waals surface area contributed by atoms with Gasteiger partial charge in [0.15, 0.2) is 0 Å². The Balaban J connectivity index is 1.53. The van der Waals surface area contributed by atoms with E-state index in [1.165, 1.54) is 4.88 Å². The number of nitrogens with one attached hydrogen (secondary N) is 3. The lowest BCUT2D eigenvalue weighted by atomic mass is 10.2. The van der Waals surface area contributed by atoms with E-state index in [1.807, 2.05) is 24.3 Å². The molecule has 0 unspecified atom stereocenters. The normalized spacial score (nSPS) is 10.9.